The van der Waals surface area contributed by atoms with Gasteiger partial charge in [-0.15, -0.1) is 0 Å². The summed E-state index contributed by atoms with van der Waals surface area (Å²) in [7, 11) is 0. The van der Waals surface area contributed by atoms with Crippen molar-refractivity contribution in [1.29, 1.82) is 0 Å². The van der Waals surface area contributed by atoms with E-state index in [-0.39, 0.29) is 5.91 Å². The summed E-state index contributed by atoms with van der Waals surface area (Å²) in [5.41, 5.74) is 2.79. The average Bonchev–Trinajstić information content (AvgIpc) is 2.95. The maximum absolute atomic E-state index is 11.8. The Balaban J connectivity index is 1.51. The molecule has 1 aromatic carbocycles. The van der Waals surface area contributed by atoms with Crippen LogP contribution in [0, 0.1) is 0 Å². The van der Waals surface area contributed by atoms with E-state index in [0.29, 0.717) is 19.4 Å². The summed E-state index contributed by atoms with van der Waals surface area (Å²) >= 11 is 0. The first-order chi connectivity index (χ1) is 10.3. The zero-order valence-electron chi connectivity index (χ0n) is 11.5. The third kappa shape index (κ3) is 3.45. The van der Waals surface area contributed by atoms with Crippen molar-refractivity contribution < 1.29 is 4.79 Å². The first-order valence-corrected chi connectivity index (χ1v) is 6.91. The van der Waals surface area contributed by atoms with Crippen molar-refractivity contribution in [3.8, 4) is 0 Å². The first kappa shape index (κ1) is 13.3. The third-order valence-corrected chi connectivity index (χ3v) is 3.22. The van der Waals surface area contributed by atoms with Crippen molar-refractivity contribution in [3.05, 3.63) is 60.2 Å². The van der Waals surface area contributed by atoms with Crippen molar-refractivity contribution in [2.24, 2.45) is 0 Å². The lowest BCUT2D eigenvalue weighted by Crippen LogP contribution is -2.23. The molecule has 2 aromatic heterocycles. The molecule has 0 aliphatic carbocycles. The molecule has 0 aliphatic heterocycles. The highest BCUT2D eigenvalue weighted by Gasteiger charge is 2.06. The maximum Gasteiger partial charge on any atom is 0.220 e. The minimum Gasteiger partial charge on any atom is -0.350 e. The van der Waals surface area contributed by atoms with Crippen LogP contribution in [0.25, 0.3) is 11.0 Å². The summed E-state index contributed by atoms with van der Waals surface area (Å²) < 4.78 is 0. The second-order valence-electron chi connectivity index (χ2n) is 4.80. The Hall–Kier alpha value is -2.69. The van der Waals surface area contributed by atoms with Crippen LogP contribution in [0.2, 0.25) is 0 Å². The van der Waals surface area contributed by atoms with E-state index in [1.165, 1.54) is 0 Å². The van der Waals surface area contributed by atoms with Crippen LogP contribution in [0.3, 0.4) is 0 Å². The predicted octanol–water partition coefficient (Wildman–Crippen LogP) is 2.21. The predicted molar refractivity (Wildman–Crippen MR) is 80.5 cm³/mol. The molecule has 0 radical (unpaired) electrons. The van der Waals surface area contributed by atoms with Gasteiger partial charge in [-0.2, -0.15) is 0 Å². The molecule has 0 fully saturated rings. The van der Waals surface area contributed by atoms with Crippen LogP contribution in [-0.2, 0) is 17.8 Å². The molecular formula is C16H16N4O. The molecule has 0 aliphatic rings. The number of hydrogen-bond acceptors (Lipinski definition) is 3. The summed E-state index contributed by atoms with van der Waals surface area (Å²) in [5.74, 6) is 0.838. The van der Waals surface area contributed by atoms with Gasteiger partial charge in [0.25, 0.3) is 0 Å². The van der Waals surface area contributed by atoms with Crippen LogP contribution in [0.4, 0.5) is 0 Å². The number of nitrogens with zero attached hydrogens (tertiary/aromatic N) is 2. The van der Waals surface area contributed by atoms with Crippen molar-refractivity contribution in [2.45, 2.75) is 19.4 Å². The van der Waals surface area contributed by atoms with Crippen LogP contribution >= 0.6 is 0 Å². The molecule has 2 N–H and O–H groups in total. The number of pyridine rings is 1. The fraction of sp³-hybridized carbons (Fsp3) is 0.188. The van der Waals surface area contributed by atoms with E-state index in [2.05, 4.69) is 20.3 Å². The Labute approximate surface area is 122 Å². The highest BCUT2D eigenvalue weighted by Crippen LogP contribution is 2.11. The number of amides is 1. The number of aromatic amines is 1. The van der Waals surface area contributed by atoms with Gasteiger partial charge in [0.05, 0.1) is 23.3 Å². The molecule has 0 bridgehead atoms. The minimum absolute atomic E-state index is 0.00103. The largest absolute Gasteiger partial charge is 0.350 e. The number of para-hydroxylation sites is 2. The second-order valence-corrected chi connectivity index (χ2v) is 4.80. The van der Waals surface area contributed by atoms with Gasteiger partial charge in [0.1, 0.15) is 5.82 Å². The molecule has 2 heterocycles. The van der Waals surface area contributed by atoms with E-state index in [9.17, 15) is 4.79 Å². The Kier molecular flexibility index (Phi) is 3.91. The molecule has 5 heteroatoms. The number of imidazole rings is 1. The van der Waals surface area contributed by atoms with Gasteiger partial charge in [-0.3, -0.25) is 9.78 Å². The lowest BCUT2D eigenvalue weighted by molar-refractivity contribution is -0.121. The van der Waals surface area contributed by atoms with Gasteiger partial charge in [-0.25, -0.2) is 4.98 Å². The number of carbonyl (C=O) groups excluding carboxylic acids is 1. The van der Waals surface area contributed by atoms with Gasteiger partial charge >= 0.3 is 0 Å². The number of H-pyrrole nitrogens is 1. The molecule has 0 spiro atoms. The zero-order chi connectivity index (χ0) is 14.5. The van der Waals surface area contributed by atoms with E-state index >= 15 is 0 Å². The number of aromatic nitrogens is 3. The molecule has 0 saturated carbocycles. The van der Waals surface area contributed by atoms with Gasteiger partial charge in [0, 0.05) is 19.0 Å². The number of benzene rings is 1. The van der Waals surface area contributed by atoms with Crippen LogP contribution in [-0.4, -0.2) is 20.9 Å². The molecule has 3 aromatic rings. The molecule has 3 rings (SSSR count). The van der Waals surface area contributed by atoms with Gasteiger partial charge < -0.3 is 10.3 Å². The lowest BCUT2D eigenvalue weighted by atomic mass is 10.2. The number of fused-ring (bicyclic) bond motifs is 1. The van der Waals surface area contributed by atoms with Gasteiger partial charge in [-0.05, 0) is 24.3 Å². The van der Waals surface area contributed by atoms with E-state index < -0.39 is 0 Å². The van der Waals surface area contributed by atoms with Crippen LogP contribution < -0.4 is 5.32 Å². The number of hydrogen-bond donors (Lipinski definition) is 2. The number of nitrogens with one attached hydrogen (secondary N) is 2. The SMILES string of the molecule is O=C(CCc1nc2ccccc2[nH]1)NCc1ccccn1. The van der Waals surface area contributed by atoms with E-state index in [1.54, 1.807) is 6.20 Å². The smallest absolute Gasteiger partial charge is 0.220 e. The second kappa shape index (κ2) is 6.17. The van der Waals surface area contributed by atoms with E-state index in [4.69, 9.17) is 0 Å². The van der Waals surface area contributed by atoms with Gasteiger partial charge in [0.15, 0.2) is 0 Å². The first-order valence-electron chi connectivity index (χ1n) is 6.91. The van der Waals surface area contributed by atoms with Gasteiger partial charge in [-0.1, -0.05) is 18.2 Å². The molecule has 0 unspecified atom stereocenters. The van der Waals surface area contributed by atoms with E-state index in [0.717, 1.165) is 22.6 Å². The molecule has 5 nitrogen and oxygen atoms in total. The molecule has 0 atom stereocenters. The van der Waals surface area contributed by atoms with Crippen molar-refractivity contribution in [2.75, 3.05) is 0 Å². The number of rotatable bonds is 5. The Morgan fingerprint density at radius 1 is 1.14 bits per heavy atom. The molecule has 1 amide bonds. The molecule has 106 valence electrons. The summed E-state index contributed by atoms with van der Waals surface area (Å²) in [6.07, 6.45) is 2.73. The van der Waals surface area contributed by atoms with Crippen LogP contribution in [0.5, 0.6) is 0 Å². The van der Waals surface area contributed by atoms with Crippen LogP contribution in [0.15, 0.2) is 48.7 Å². The molecular weight excluding hydrogens is 264 g/mol. The minimum atomic E-state index is 0.00103. The Bertz CT molecular complexity index is 703. The highest BCUT2D eigenvalue weighted by atomic mass is 16.1. The summed E-state index contributed by atoms with van der Waals surface area (Å²) in [4.78, 5) is 23.7. The zero-order valence-corrected chi connectivity index (χ0v) is 11.5. The highest BCUT2D eigenvalue weighted by molar-refractivity contribution is 5.77. The lowest BCUT2D eigenvalue weighted by Gasteiger charge is -2.03. The van der Waals surface area contributed by atoms with Crippen molar-refractivity contribution in [3.63, 3.8) is 0 Å². The summed E-state index contributed by atoms with van der Waals surface area (Å²) in [5, 5.41) is 2.86. The maximum atomic E-state index is 11.8. The van der Waals surface area contributed by atoms with Gasteiger partial charge in [0.2, 0.25) is 5.91 Å². The fourth-order valence-corrected chi connectivity index (χ4v) is 2.14. The molecule has 0 saturated heterocycles. The summed E-state index contributed by atoms with van der Waals surface area (Å²) in [6, 6.07) is 13.5. The standard InChI is InChI=1S/C16H16N4O/c21-16(18-11-12-5-3-4-10-17-12)9-8-15-19-13-6-1-2-7-14(13)20-15/h1-7,10H,8-9,11H2,(H,18,21)(H,19,20). The van der Waals surface area contributed by atoms with E-state index in [1.807, 2.05) is 42.5 Å². The number of aryl methyl sites for hydroxylation is 1. The monoisotopic (exact) mass is 280 g/mol. The summed E-state index contributed by atoms with van der Waals surface area (Å²) in [6.45, 7) is 0.458. The third-order valence-electron chi connectivity index (χ3n) is 3.22. The molecule has 21 heavy (non-hydrogen) atoms. The Morgan fingerprint density at radius 3 is 2.81 bits per heavy atom. The Morgan fingerprint density at radius 2 is 2.00 bits per heavy atom. The quantitative estimate of drug-likeness (QED) is 0.752. The van der Waals surface area contributed by atoms with Crippen molar-refractivity contribution >= 4 is 16.9 Å². The topological polar surface area (TPSA) is 70.7 Å². The number of carbonyl (C=O) groups is 1. The average molecular weight is 280 g/mol. The van der Waals surface area contributed by atoms with Crippen molar-refractivity contribution in [1.82, 2.24) is 20.3 Å². The normalized spacial score (nSPS) is 10.7. The van der Waals surface area contributed by atoms with Crippen LogP contribution in [0.1, 0.15) is 17.9 Å². The fourth-order valence-electron chi connectivity index (χ4n) is 2.14.